The van der Waals surface area contributed by atoms with Gasteiger partial charge in [0.1, 0.15) is 5.82 Å². The summed E-state index contributed by atoms with van der Waals surface area (Å²) in [6.45, 7) is 3.32. The monoisotopic (exact) mass is 590 g/mol. The zero-order valence-electron chi connectivity index (χ0n) is 24.1. The number of carbonyl (C=O) groups is 2. The number of nitrogens with one attached hydrogen (secondary N) is 2. The van der Waals surface area contributed by atoms with E-state index in [1.54, 1.807) is 6.20 Å². The van der Waals surface area contributed by atoms with Crippen molar-refractivity contribution in [1.82, 2.24) is 20.3 Å². The Balaban J connectivity index is 1.15. The summed E-state index contributed by atoms with van der Waals surface area (Å²) in [6.07, 6.45) is 6.81. The molecule has 2 saturated heterocycles. The molecule has 0 bridgehead atoms. The maximum atomic E-state index is 13.6. The van der Waals surface area contributed by atoms with Gasteiger partial charge in [-0.1, -0.05) is 0 Å². The van der Waals surface area contributed by atoms with Crippen molar-refractivity contribution < 1.29 is 18.4 Å². The molecule has 2 amide bonds. The summed E-state index contributed by atoms with van der Waals surface area (Å²) in [5.41, 5.74) is 8.70. The van der Waals surface area contributed by atoms with E-state index in [4.69, 9.17) is 10.7 Å². The molecule has 12 heteroatoms. The Bertz CT molecular complexity index is 1470. The fourth-order valence-corrected chi connectivity index (χ4v) is 5.84. The van der Waals surface area contributed by atoms with Crippen LogP contribution >= 0.6 is 0 Å². The van der Waals surface area contributed by atoms with Crippen LogP contribution < -0.4 is 26.2 Å². The molecule has 0 spiro atoms. The number of halogens is 2. The van der Waals surface area contributed by atoms with E-state index in [9.17, 15) is 18.4 Å². The smallest absolute Gasteiger partial charge is 0.271 e. The molecule has 6 rings (SSSR count). The molecule has 4 N–H and O–H groups in total. The summed E-state index contributed by atoms with van der Waals surface area (Å²) in [5, 5.41) is 6.32. The van der Waals surface area contributed by atoms with Crippen LogP contribution in [0.25, 0.3) is 0 Å². The highest BCUT2D eigenvalue weighted by Gasteiger charge is 2.34. The van der Waals surface area contributed by atoms with Crippen molar-refractivity contribution in [3.63, 3.8) is 0 Å². The molecule has 0 unspecified atom stereocenters. The van der Waals surface area contributed by atoms with E-state index in [-0.39, 0.29) is 55.4 Å². The van der Waals surface area contributed by atoms with Gasteiger partial charge in [-0.25, -0.2) is 18.7 Å². The first-order valence-corrected chi connectivity index (χ1v) is 14.9. The van der Waals surface area contributed by atoms with E-state index in [1.165, 1.54) is 6.20 Å². The van der Waals surface area contributed by atoms with Crippen molar-refractivity contribution in [3.8, 4) is 0 Å². The number of amides is 2. The number of alkyl halides is 2. The fraction of sp³-hybridized carbons (Fsp3) is 0.452. The summed E-state index contributed by atoms with van der Waals surface area (Å²) in [5.74, 6) is -2.18. The number of primary amides is 1. The molecule has 3 aromatic rings. The normalized spacial score (nSPS) is 21.7. The van der Waals surface area contributed by atoms with E-state index in [1.807, 2.05) is 48.2 Å². The minimum absolute atomic E-state index is 0.00254. The third kappa shape index (κ3) is 6.52. The maximum absolute atomic E-state index is 13.6. The number of hydrogen-bond acceptors (Lipinski definition) is 8. The molecule has 1 aliphatic carbocycles. The zero-order chi connectivity index (χ0) is 30.1. The van der Waals surface area contributed by atoms with Crippen molar-refractivity contribution in [1.29, 1.82) is 0 Å². The van der Waals surface area contributed by atoms with E-state index in [0.29, 0.717) is 29.5 Å². The topological polar surface area (TPSA) is 129 Å². The van der Waals surface area contributed by atoms with Crippen LogP contribution in [0.3, 0.4) is 0 Å². The SMILES string of the molecule is C[C@@H]1[C@H](NC(=O)c2ccc(C3CC3)nc2)CCCN1c1cnc(C(N)=O)c(Nc2ccc(N3CCC(F)(F)CC3)cc2)n1. The number of hydrogen-bond donors (Lipinski definition) is 3. The second-order valence-corrected chi connectivity index (χ2v) is 11.7. The molecule has 43 heavy (non-hydrogen) atoms. The quantitative estimate of drug-likeness (QED) is 0.347. The second kappa shape index (κ2) is 11.7. The molecular weight excluding hydrogens is 554 g/mol. The summed E-state index contributed by atoms with van der Waals surface area (Å²) >= 11 is 0. The van der Waals surface area contributed by atoms with Gasteiger partial charge in [0.2, 0.25) is 0 Å². The van der Waals surface area contributed by atoms with Crippen LogP contribution in [0.4, 0.5) is 31.8 Å². The number of rotatable bonds is 8. The molecule has 10 nitrogen and oxygen atoms in total. The Labute approximate surface area is 249 Å². The molecule has 226 valence electrons. The van der Waals surface area contributed by atoms with Crippen LogP contribution in [0.1, 0.15) is 77.9 Å². The standard InChI is InChI=1S/C31H36F2N8O2/c1-19-24(38-30(43)21-6-11-25(35-17-21)20-4-5-20)3-2-14-41(19)26-18-36-27(28(34)42)29(39-26)37-22-7-9-23(10-8-22)40-15-12-31(32,33)13-16-40/h6-11,17-20,24H,2-5,12-16H2,1H3,(H2,34,42)(H,37,39)(H,38,43)/t19-,24-/m1/s1. The van der Waals surface area contributed by atoms with Crippen molar-refractivity contribution >= 4 is 34.8 Å². The van der Waals surface area contributed by atoms with Gasteiger partial charge in [0.15, 0.2) is 11.5 Å². The highest BCUT2D eigenvalue weighted by atomic mass is 19.3. The minimum Gasteiger partial charge on any atom is -0.371 e. The first-order valence-electron chi connectivity index (χ1n) is 14.9. The maximum Gasteiger partial charge on any atom is 0.271 e. The van der Waals surface area contributed by atoms with Crippen molar-refractivity contribution in [2.45, 2.75) is 69.4 Å². The van der Waals surface area contributed by atoms with Crippen molar-refractivity contribution in [3.05, 3.63) is 65.7 Å². The Morgan fingerprint density at radius 2 is 1.72 bits per heavy atom. The summed E-state index contributed by atoms with van der Waals surface area (Å²) in [7, 11) is 0. The van der Waals surface area contributed by atoms with Gasteiger partial charge < -0.3 is 26.2 Å². The Kier molecular flexibility index (Phi) is 7.85. The summed E-state index contributed by atoms with van der Waals surface area (Å²) in [4.78, 5) is 42.8. The van der Waals surface area contributed by atoms with Gasteiger partial charge in [0, 0.05) is 73.7 Å². The lowest BCUT2D eigenvalue weighted by molar-refractivity contribution is -0.0220. The first-order chi connectivity index (χ1) is 20.7. The van der Waals surface area contributed by atoms with Crippen LogP contribution in [0.2, 0.25) is 0 Å². The fourth-order valence-electron chi connectivity index (χ4n) is 5.84. The lowest BCUT2D eigenvalue weighted by Gasteiger charge is -2.40. The number of nitrogens with two attached hydrogens (primary N) is 1. The molecular formula is C31H36F2N8O2. The van der Waals surface area contributed by atoms with E-state index >= 15 is 0 Å². The largest absolute Gasteiger partial charge is 0.371 e. The Morgan fingerprint density at radius 1 is 0.977 bits per heavy atom. The molecule has 1 saturated carbocycles. The van der Waals surface area contributed by atoms with Gasteiger partial charge >= 0.3 is 0 Å². The molecule has 1 aromatic carbocycles. The number of carbonyl (C=O) groups excluding carboxylic acids is 2. The van der Waals surface area contributed by atoms with Crippen molar-refractivity contribution in [2.24, 2.45) is 5.73 Å². The van der Waals surface area contributed by atoms with Crippen LogP contribution in [0.5, 0.6) is 0 Å². The van der Waals surface area contributed by atoms with Crippen LogP contribution in [-0.2, 0) is 0 Å². The number of aromatic nitrogens is 3. The molecule has 2 aromatic heterocycles. The third-order valence-corrected chi connectivity index (χ3v) is 8.63. The molecule has 2 aliphatic heterocycles. The van der Waals surface area contributed by atoms with E-state index in [0.717, 1.165) is 37.1 Å². The minimum atomic E-state index is -2.61. The highest BCUT2D eigenvalue weighted by molar-refractivity contribution is 5.96. The van der Waals surface area contributed by atoms with Gasteiger partial charge in [0.05, 0.1) is 11.8 Å². The first kappa shape index (κ1) is 28.8. The summed E-state index contributed by atoms with van der Waals surface area (Å²) < 4.78 is 27.1. The zero-order valence-corrected chi connectivity index (χ0v) is 24.1. The van der Waals surface area contributed by atoms with E-state index in [2.05, 4.69) is 25.5 Å². The molecule has 4 heterocycles. The lowest BCUT2D eigenvalue weighted by Crippen LogP contribution is -2.54. The Morgan fingerprint density at radius 3 is 2.37 bits per heavy atom. The van der Waals surface area contributed by atoms with Gasteiger partial charge in [-0.15, -0.1) is 0 Å². The van der Waals surface area contributed by atoms with Crippen molar-refractivity contribution in [2.75, 3.05) is 34.8 Å². The number of piperidine rings is 2. The average molecular weight is 591 g/mol. The summed E-state index contributed by atoms with van der Waals surface area (Å²) in [6, 6.07) is 10.9. The van der Waals surface area contributed by atoms with Gasteiger partial charge in [0.25, 0.3) is 17.7 Å². The predicted octanol–water partition coefficient (Wildman–Crippen LogP) is 4.61. The van der Waals surface area contributed by atoms with Crippen LogP contribution in [0.15, 0.2) is 48.8 Å². The van der Waals surface area contributed by atoms with Gasteiger partial charge in [-0.3, -0.25) is 14.6 Å². The van der Waals surface area contributed by atoms with Gasteiger partial charge in [-0.2, -0.15) is 0 Å². The third-order valence-electron chi connectivity index (χ3n) is 8.63. The number of pyridine rings is 1. The molecule has 0 radical (unpaired) electrons. The molecule has 2 atom stereocenters. The lowest BCUT2D eigenvalue weighted by atomic mass is 9.97. The predicted molar refractivity (Wildman–Crippen MR) is 160 cm³/mol. The number of anilines is 4. The Hall–Kier alpha value is -4.35. The van der Waals surface area contributed by atoms with Crippen LogP contribution in [0, 0.1) is 0 Å². The molecule has 3 aliphatic rings. The van der Waals surface area contributed by atoms with Gasteiger partial charge in [-0.05, 0) is 69.0 Å². The highest BCUT2D eigenvalue weighted by Crippen LogP contribution is 2.38. The van der Waals surface area contributed by atoms with E-state index < -0.39 is 11.8 Å². The van der Waals surface area contributed by atoms with Crippen LogP contribution in [-0.4, -0.2) is 64.4 Å². The number of nitrogens with zero attached hydrogens (tertiary/aromatic N) is 5. The molecule has 3 fully saturated rings. The number of benzene rings is 1. The second-order valence-electron chi connectivity index (χ2n) is 11.7. The average Bonchev–Trinajstić information content (AvgIpc) is 3.85.